The van der Waals surface area contributed by atoms with Crippen molar-refractivity contribution in [1.82, 2.24) is 4.90 Å². The van der Waals surface area contributed by atoms with E-state index in [0.29, 0.717) is 12.0 Å². The first-order chi connectivity index (χ1) is 6.42. The molecule has 2 saturated heterocycles. The Labute approximate surface area is 80.5 Å². The van der Waals surface area contributed by atoms with Crippen molar-refractivity contribution < 1.29 is 0 Å². The Morgan fingerprint density at radius 3 is 2.69 bits per heavy atom. The van der Waals surface area contributed by atoms with Gasteiger partial charge in [0.2, 0.25) is 0 Å². The third-order valence-electron chi connectivity index (χ3n) is 3.50. The molecule has 0 saturated carbocycles. The fraction of sp³-hybridized carbons (Fsp3) is 0.909. The van der Waals surface area contributed by atoms with Crippen molar-refractivity contribution in [3.05, 3.63) is 0 Å². The standard InChI is InChI=1S/C11H18N2/c12-9-10-5-4-8-13-7-3-1-2-6-11(10)13/h10-11H,1-8H2. The highest BCUT2D eigenvalue weighted by Crippen LogP contribution is 2.29. The summed E-state index contributed by atoms with van der Waals surface area (Å²) < 4.78 is 0. The summed E-state index contributed by atoms with van der Waals surface area (Å²) in [5.41, 5.74) is 0. The fourth-order valence-electron chi connectivity index (χ4n) is 2.78. The van der Waals surface area contributed by atoms with Crippen LogP contribution in [0.3, 0.4) is 0 Å². The zero-order valence-corrected chi connectivity index (χ0v) is 8.21. The Morgan fingerprint density at radius 2 is 1.85 bits per heavy atom. The van der Waals surface area contributed by atoms with Gasteiger partial charge in [-0.25, -0.2) is 0 Å². The molecule has 0 N–H and O–H groups in total. The lowest BCUT2D eigenvalue weighted by molar-refractivity contribution is 0.120. The summed E-state index contributed by atoms with van der Waals surface area (Å²) in [5, 5.41) is 9.05. The molecule has 72 valence electrons. The summed E-state index contributed by atoms with van der Waals surface area (Å²) in [7, 11) is 0. The molecule has 2 heterocycles. The molecule has 0 aromatic rings. The second-order valence-electron chi connectivity index (χ2n) is 4.33. The van der Waals surface area contributed by atoms with Crippen LogP contribution in [0.4, 0.5) is 0 Å². The van der Waals surface area contributed by atoms with Crippen molar-refractivity contribution in [3.8, 4) is 6.07 Å². The van der Waals surface area contributed by atoms with E-state index in [1.165, 1.54) is 45.2 Å². The zero-order valence-electron chi connectivity index (χ0n) is 8.21. The highest BCUT2D eigenvalue weighted by molar-refractivity contribution is 4.96. The van der Waals surface area contributed by atoms with E-state index >= 15 is 0 Å². The molecule has 2 nitrogen and oxygen atoms in total. The second kappa shape index (κ2) is 4.11. The number of hydrogen-bond acceptors (Lipinski definition) is 2. The number of nitriles is 1. The smallest absolute Gasteiger partial charge is 0.0672 e. The van der Waals surface area contributed by atoms with Crippen molar-refractivity contribution in [2.24, 2.45) is 5.92 Å². The second-order valence-corrected chi connectivity index (χ2v) is 4.33. The summed E-state index contributed by atoms with van der Waals surface area (Å²) in [6.07, 6.45) is 7.67. The number of rotatable bonds is 0. The summed E-state index contributed by atoms with van der Waals surface area (Å²) in [6.45, 7) is 2.48. The molecule has 0 spiro atoms. The molecule has 2 aliphatic heterocycles. The highest BCUT2D eigenvalue weighted by Gasteiger charge is 2.31. The maximum absolute atomic E-state index is 9.05. The van der Waals surface area contributed by atoms with Gasteiger partial charge in [-0.15, -0.1) is 0 Å². The minimum atomic E-state index is 0.326. The molecule has 2 heteroatoms. The molecule has 0 radical (unpaired) electrons. The van der Waals surface area contributed by atoms with Gasteiger partial charge in [0.05, 0.1) is 12.0 Å². The predicted molar refractivity (Wildman–Crippen MR) is 52.2 cm³/mol. The van der Waals surface area contributed by atoms with E-state index in [0.717, 1.165) is 6.42 Å². The van der Waals surface area contributed by atoms with Crippen LogP contribution in [0, 0.1) is 17.2 Å². The minimum absolute atomic E-state index is 0.326. The normalized spacial score (nSPS) is 35.9. The Bertz CT molecular complexity index is 207. The molecule has 2 rings (SSSR count). The third-order valence-corrected chi connectivity index (χ3v) is 3.50. The number of fused-ring (bicyclic) bond motifs is 1. The Morgan fingerprint density at radius 1 is 1.00 bits per heavy atom. The van der Waals surface area contributed by atoms with E-state index in [1.807, 2.05) is 0 Å². The van der Waals surface area contributed by atoms with Crippen LogP contribution in [0.25, 0.3) is 0 Å². The van der Waals surface area contributed by atoms with Crippen molar-refractivity contribution in [2.75, 3.05) is 13.1 Å². The first kappa shape index (κ1) is 9.02. The quantitative estimate of drug-likeness (QED) is 0.568. The number of nitrogens with zero attached hydrogens (tertiary/aromatic N) is 2. The van der Waals surface area contributed by atoms with E-state index in [9.17, 15) is 0 Å². The SMILES string of the molecule is N#CC1CCCN2CCCCCC12. The van der Waals surface area contributed by atoms with Crippen LogP contribution in [0.15, 0.2) is 0 Å². The average molecular weight is 178 g/mol. The van der Waals surface area contributed by atoms with E-state index in [4.69, 9.17) is 5.26 Å². The van der Waals surface area contributed by atoms with Gasteiger partial charge >= 0.3 is 0 Å². The maximum Gasteiger partial charge on any atom is 0.0672 e. The van der Waals surface area contributed by atoms with Gasteiger partial charge in [-0.1, -0.05) is 12.8 Å². The van der Waals surface area contributed by atoms with Crippen molar-refractivity contribution in [2.45, 2.75) is 44.6 Å². The van der Waals surface area contributed by atoms with Gasteiger partial charge in [0.15, 0.2) is 0 Å². The predicted octanol–water partition coefficient (Wildman–Crippen LogP) is 2.16. The van der Waals surface area contributed by atoms with Crippen LogP contribution in [0.1, 0.15) is 38.5 Å². The lowest BCUT2D eigenvalue weighted by atomic mass is 9.88. The van der Waals surface area contributed by atoms with Gasteiger partial charge in [0.1, 0.15) is 0 Å². The molecule has 2 atom stereocenters. The van der Waals surface area contributed by atoms with Gasteiger partial charge in [0, 0.05) is 6.04 Å². The molecule has 13 heavy (non-hydrogen) atoms. The maximum atomic E-state index is 9.05. The summed E-state index contributed by atoms with van der Waals surface area (Å²) in [5.74, 6) is 0.326. The van der Waals surface area contributed by atoms with Gasteiger partial charge in [-0.3, -0.25) is 4.90 Å². The van der Waals surface area contributed by atoms with E-state index in [1.54, 1.807) is 0 Å². The molecule has 0 aliphatic carbocycles. The van der Waals surface area contributed by atoms with Crippen LogP contribution in [0.2, 0.25) is 0 Å². The molecular weight excluding hydrogens is 160 g/mol. The molecule has 0 bridgehead atoms. The van der Waals surface area contributed by atoms with Crippen LogP contribution in [-0.4, -0.2) is 24.0 Å². The Kier molecular flexibility index (Phi) is 2.85. The molecule has 2 fully saturated rings. The molecule has 0 aromatic heterocycles. The van der Waals surface area contributed by atoms with Gasteiger partial charge < -0.3 is 0 Å². The highest BCUT2D eigenvalue weighted by atomic mass is 15.2. The van der Waals surface area contributed by atoms with Crippen LogP contribution in [0.5, 0.6) is 0 Å². The topological polar surface area (TPSA) is 27.0 Å². The first-order valence-electron chi connectivity index (χ1n) is 5.55. The van der Waals surface area contributed by atoms with Crippen LogP contribution < -0.4 is 0 Å². The third kappa shape index (κ3) is 1.86. The van der Waals surface area contributed by atoms with E-state index < -0.39 is 0 Å². The van der Waals surface area contributed by atoms with Crippen LogP contribution >= 0.6 is 0 Å². The Hall–Kier alpha value is -0.550. The molecular formula is C11H18N2. The van der Waals surface area contributed by atoms with Crippen molar-refractivity contribution in [3.63, 3.8) is 0 Å². The fourth-order valence-corrected chi connectivity index (χ4v) is 2.78. The molecule has 0 aromatic carbocycles. The molecule has 2 unspecified atom stereocenters. The average Bonchev–Trinajstić information content (AvgIpc) is 2.41. The van der Waals surface area contributed by atoms with E-state index in [-0.39, 0.29) is 0 Å². The van der Waals surface area contributed by atoms with Crippen molar-refractivity contribution >= 4 is 0 Å². The van der Waals surface area contributed by atoms with E-state index in [2.05, 4.69) is 11.0 Å². The summed E-state index contributed by atoms with van der Waals surface area (Å²) in [4.78, 5) is 2.56. The lowest BCUT2D eigenvalue weighted by Crippen LogP contribution is -2.44. The molecule has 2 aliphatic rings. The zero-order chi connectivity index (χ0) is 9.10. The van der Waals surface area contributed by atoms with Crippen molar-refractivity contribution in [1.29, 1.82) is 5.26 Å². The summed E-state index contributed by atoms with van der Waals surface area (Å²) >= 11 is 0. The monoisotopic (exact) mass is 178 g/mol. The number of piperidine rings is 1. The van der Waals surface area contributed by atoms with Gasteiger partial charge in [0.25, 0.3) is 0 Å². The Balaban J connectivity index is 2.06. The number of hydrogen-bond donors (Lipinski definition) is 0. The van der Waals surface area contributed by atoms with Gasteiger partial charge in [-0.2, -0.15) is 5.26 Å². The largest absolute Gasteiger partial charge is 0.299 e. The van der Waals surface area contributed by atoms with Crippen LogP contribution in [-0.2, 0) is 0 Å². The van der Waals surface area contributed by atoms with Gasteiger partial charge in [-0.05, 0) is 38.8 Å². The minimum Gasteiger partial charge on any atom is -0.299 e. The lowest BCUT2D eigenvalue weighted by Gasteiger charge is -2.37. The first-order valence-corrected chi connectivity index (χ1v) is 5.55. The molecule has 0 amide bonds. The summed E-state index contributed by atoms with van der Waals surface area (Å²) in [6, 6.07) is 3.09.